The Labute approximate surface area is 183 Å². The molecule has 0 radical (unpaired) electrons. The van der Waals surface area contributed by atoms with Crippen LogP contribution in [0.3, 0.4) is 0 Å². The minimum absolute atomic E-state index is 0.0410. The standard InChI is InChI=1S/C23H32N6O2/c1-7-29(8-2)21(17-10-9-11-18(12-17)31-6)14-24-23(30)20-13-19(25-26-20)22-15(3)27-28(5)16(22)4/h9-13,21H,7-8,14H2,1-6H3,(H,24,30)(H,25,26). The fourth-order valence-corrected chi connectivity index (χ4v) is 3.97. The first-order valence-electron chi connectivity index (χ1n) is 10.6. The first kappa shape index (κ1) is 22.6. The lowest BCUT2D eigenvalue weighted by molar-refractivity contribution is 0.0930. The Balaban J connectivity index is 1.77. The van der Waals surface area contributed by atoms with Crippen molar-refractivity contribution in [1.29, 1.82) is 0 Å². The van der Waals surface area contributed by atoms with Crippen LogP contribution in [0.5, 0.6) is 5.75 Å². The van der Waals surface area contributed by atoms with Gasteiger partial charge in [-0.3, -0.25) is 19.5 Å². The van der Waals surface area contributed by atoms with Crippen LogP contribution in [0.1, 0.15) is 47.3 Å². The number of ether oxygens (including phenoxy) is 1. The minimum Gasteiger partial charge on any atom is -0.497 e. The number of H-pyrrole nitrogens is 1. The van der Waals surface area contributed by atoms with Crippen molar-refractivity contribution in [3.05, 3.63) is 53.0 Å². The normalized spacial score (nSPS) is 12.2. The van der Waals surface area contributed by atoms with Gasteiger partial charge in [-0.15, -0.1) is 0 Å². The molecular weight excluding hydrogens is 392 g/mol. The number of aromatic amines is 1. The highest BCUT2D eigenvalue weighted by Gasteiger charge is 2.21. The first-order valence-corrected chi connectivity index (χ1v) is 10.6. The maximum absolute atomic E-state index is 12.9. The quantitative estimate of drug-likeness (QED) is 0.551. The van der Waals surface area contributed by atoms with E-state index in [9.17, 15) is 4.79 Å². The third-order valence-electron chi connectivity index (χ3n) is 5.78. The van der Waals surface area contributed by atoms with Gasteiger partial charge in [0.25, 0.3) is 5.91 Å². The Morgan fingerprint density at radius 1 is 1.26 bits per heavy atom. The van der Waals surface area contributed by atoms with Gasteiger partial charge in [-0.05, 0) is 50.7 Å². The van der Waals surface area contributed by atoms with E-state index >= 15 is 0 Å². The van der Waals surface area contributed by atoms with Crippen molar-refractivity contribution in [2.45, 2.75) is 33.7 Å². The second kappa shape index (κ2) is 9.78. The molecule has 0 spiro atoms. The van der Waals surface area contributed by atoms with Crippen molar-refractivity contribution in [3.63, 3.8) is 0 Å². The molecule has 0 fully saturated rings. The number of hydrogen-bond acceptors (Lipinski definition) is 5. The summed E-state index contributed by atoms with van der Waals surface area (Å²) >= 11 is 0. The van der Waals surface area contributed by atoms with Gasteiger partial charge < -0.3 is 10.1 Å². The Morgan fingerprint density at radius 3 is 2.61 bits per heavy atom. The van der Waals surface area contributed by atoms with Crippen molar-refractivity contribution in [2.75, 3.05) is 26.7 Å². The van der Waals surface area contributed by atoms with Crippen LogP contribution in [0.15, 0.2) is 30.3 Å². The van der Waals surface area contributed by atoms with Crippen LogP contribution in [-0.2, 0) is 7.05 Å². The smallest absolute Gasteiger partial charge is 0.269 e. The van der Waals surface area contributed by atoms with E-state index in [4.69, 9.17) is 4.74 Å². The molecule has 0 aliphatic heterocycles. The van der Waals surface area contributed by atoms with Gasteiger partial charge in [-0.2, -0.15) is 10.2 Å². The summed E-state index contributed by atoms with van der Waals surface area (Å²) in [6.45, 7) is 10.4. The molecule has 1 atom stereocenters. The van der Waals surface area contributed by atoms with E-state index in [1.807, 2.05) is 43.8 Å². The average Bonchev–Trinajstić information content (AvgIpc) is 3.35. The highest BCUT2D eigenvalue weighted by molar-refractivity contribution is 5.93. The number of nitrogens with one attached hydrogen (secondary N) is 2. The molecule has 0 aliphatic carbocycles. The largest absolute Gasteiger partial charge is 0.497 e. The Kier molecular flexibility index (Phi) is 7.12. The number of aromatic nitrogens is 4. The van der Waals surface area contributed by atoms with Gasteiger partial charge in [0, 0.05) is 24.8 Å². The summed E-state index contributed by atoms with van der Waals surface area (Å²) in [4.78, 5) is 15.2. The number of carbonyl (C=O) groups is 1. The molecule has 8 heteroatoms. The predicted octanol–water partition coefficient (Wildman–Crippen LogP) is 3.25. The molecule has 1 aromatic carbocycles. The lowest BCUT2D eigenvalue weighted by atomic mass is 10.0. The lowest BCUT2D eigenvalue weighted by Crippen LogP contribution is -2.38. The predicted molar refractivity (Wildman–Crippen MR) is 121 cm³/mol. The fourth-order valence-electron chi connectivity index (χ4n) is 3.97. The number of rotatable bonds is 9. The molecular formula is C23H32N6O2. The third-order valence-corrected chi connectivity index (χ3v) is 5.78. The van der Waals surface area contributed by atoms with E-state index in [0.717, 1.165) is 47.0 Å². The van der Waals surface area contributed by atoms with Crippen LogP contribution < -0.4 is 10.1 Å². The number of hydrogen-bond donors (Lipinski definition) is 2. The molecule has 8 nitrogen and oxygen atoms in total. The summed E-state index contributed by atoms with van der Waals surface area (Å²) in [5.74, 6) is 0.624. The summed E-state index contributed by atoms with van der Waals surface area (Å²) in [6, 6.07) is 9.82. The number of amides is 1. The van der Waals surface area contributed by atoms with Gasteiger partial charge >= 0.3 is 0 Å². The lowest BCUT2D eigenvalue weighted by Gasteiger charge is -2.30. The zero-order valence-corrected chi connectivity index (χ0v) is 19.2. The number of methoxy groups -OCH3 is 1. The zero-order valence-electron chi connectivity index (χ0n) is 19.2. The van der Waals surface area contributed by atoms with E-state index in [0.29, 0.717) is 12.2 Å². The molecule has 0 saturated heterocycles. The van der Waals surface area contributed by atoms with Crippen molar-refractivity contribution in [1.82, 2.24) is 30.2 Å². The van der Waals surface area contributed by atoms with E-state index in [1.165, 1.54) is 0 Å². The number of carbonyl (C=O) groups excluding carboxylic acids is 1. The Hall–Kier alpha value is -3.13. The summed E-state index contributed by atoms with van der Waals surface area (Å²) in [6.07, 6.45) is 0. The maximum atomic E-state index is 12.9. The summed E-state index contributed by atoms with van der Waals surface area (Å²) in [5, 5.41) is 14.7. The van der Waals surface area contributed by atoms with Gasteiger partial charge in [-0.25, -0.2) is 0 Å². The number of nitrogens with zero attached hydrogens (tertiary/aromatic N) is 4. The molecule has 1 amide bonds. The second-order valence-corrected chi connectivity index (χ2v) is 7.56. The third kappa shape index (κ3) is 4.80. The first-order chi connectivity index (χ1) is 14.9. The Bertz CT molecular complexity index is 1030. The maximum Gasteiger partial charge on any atom is 0.269 e. The van der Waals surface area contributed by atoms with Crippen LogP contribution in [0.4, 0.5) is 0 Å². The molecule has 3 aromatic rings. The second-order valence-electron chi connectivity index (χ2n) is 7.56. The van der Waals surface area contributed by atoms with Crippen molar-refractivity contribution in [2.24, 2.45) is 7.05 Å². The van der Waals surface area contributed by atoms with Crippen molar-refractivity contribution < 1.29 is 9.53 Å². The van der Waals surface area contributed by atoms with Crippen LogP contribution >= 0.6 is 0 Å². The fraction of sp³-hybridized carbons (Fsp3) is 0.435. The topological polar surface area (TPSA) is 88.1 Å². The van der Waals surface area contributed by atoms with Crippen molar-refractivity contribution in [3.8, 4) is 17.0 Å². The van der Waals surface area contributed by atoms with E-state index in [-0.39, 0.29) is 11.9 Å². The zero-order chi connectivity index (χ0) is 22.5. The number of aryl methyl sites for hydroxylation is 2. The van der Waals surface area contributed by atoms with Gasteiger partial charge in [0.05, 0.1) is 24.5 Å². The van der Waals surface area contributed by atoms with Crippen LogP contribution in [0.25, 0.3) is 11.3 Å². The molecule has 3 rings (SSSR count). The van der Waals surface area contributed by atoms with Gasteiger partial charge in [-0.1, -0.05) is 26.0 Å². The Morgan fingerprint density at radius 2 is 2.00 bits per heavy atom. The van der Waals surface area contributed by atoms with E-state index in [1.54, 1.807) is 13.2 Å². The molecule has 0 saturated carbocycles. The number of likely N-dealkylation sites (N-methyl/N-ethyl adjacent to an activating group) is 1. The SMILES string of the molecule is CCN(CC)C(CNC(=O)c1cc(-c2c(C)nn(C)c2C)n[nH]1)c1cccc(OC)c1. The highest BCUT2D eigenvalue weighted by atomic mass is 16.5. The van der Waals surface area contributed by atoms with Crippen LogP contribution in [0, 0.1) is 13.8 Å². The molecule has 2 heterocycles. The van der Waals surface area contributed by atoms with Crippen molar-refractivity contribution >= 4 is 5.91 Å². The molecule has 166 valence electrons. The molecule has 0 bridgehead atoms. The summed E-state index contributed by atoms with van der Waals surface area (Å²) < 4.78 is 7.21. The van der Waals surface area contributed by atoms with Gasteiger partial charge in [0.15, 0.2) is 0 Å². The van der Waals surface area contributed by atoms with E-state index in [2.05, 4.69) is 45.4 Å². The molecule has 1 unspecified atom stereocenters. The van der Waals surface area contributed by atoms with Gasteiger partial charge in [0.2, 0.25) is 0 Å². The molecule has 0 aliphatic rings. The number of benzene rings is 1. The molecule has 2 aromatic heterocycles. The minimum atomic E-state index is -0.182. The molecule has 31 heavy (non-hydrogen) atoms. The monoisotopic (exact) mass is 424 g/mol. The van der Waals surface area contributed by atoms with Gasteiger partial charge in [0.1, 0.15) is 11.4 Å². The summed E-state index contributed by atoms with van der Waals surface area (Å²) in [5.41, 5.74) is 5.11. The van der Waals surface area contributed by atoms with Crippen LogP contribution in [0.2, 0.25) is 0 Å². The summed E-state index contributed by atoms with van der Waals surface area (Å²) in [7, 11) is 3.56. The highest BCUT2D eigenvalue weighted by Crippen LogP contribution is 2.26. The molecule has 2 N–H and O–H groups in total. The van der Waals surface area contributed by atoms with Crippen LogP contribution in [-0.4, -0.2) is 57.5 Å². The average molecular weight is 425 g/mol. The van der Waals surface area contributed by atoms with E-state index < -0.39 is 0 Å².